The van der Waals surface area contributed by atoms with E-state index < -0.39 is 0 Å². The van der Waals surface area contributed by atoms with Crippen molar-refractivity contribution in [2.24, 2.45) is 0 Å². The molecule has 0 saturated heterocycles. The maximum atomic E-state index is 6.94. The molecule has 6 aromatic carbocycles. The van der Waals surface area contributed by atoms with Crippen LogP contribution in [0.5, 0.6) is 23.0 Å². The van der Waals surface area contributed by atoms with Crippen molar-refractivity contribution in [2.45, 2.75) is 45.4 Å². The van der Waals surface area contributed by atoms with Crippen LogP contribution in [0, 0.1) is 18.8 Å². The molecule has 0 N–H and O–H groups in total. The molecule has 0 atom stereocenters. The Bertz CT molecular complexity index is 2790. The minimum Gasteiger partial charge on any atom is -0.509 e. The molecular weight excluding hydrogens is 872 g/mol. The fourth-order valence-electron chi connectivity index (χ4n) is 7.96. The minimum absolute atomic E-state index is 0. The molecule has 8 aromatic rings. The van der Waals surface area contributed by atoms with Gasteiger partial charge in [0.15, 0.2) is 0 Å². The zero-order valence-electron chi connectivity index (χ0n) is 31.8. The number of para-hydroxylation sites is 5. The van der Waals surface area contributed by atoms with Gasteiger partial charge in [0.25, 0.3) is 0 Å². The number of nitrogens with zero attached hydrogens (tertiary/aromatic N) is 4. The summed E-state index contributed by atoms with van der Waals surface area (Å²) in [6.45, 7) is 13.3. The summed E-state index contributed by atoms with van der Waals surface area (Å²) in [6.07, 6.45) is 1.86. The van der Waals surface area contributed by atoms with E-state index in [4.69, 9.17) is 14.5 Å². The second kappa shape index (κ2) is 13.4. The van der Waals surface area contributed by atoms with Gasteiger partial charge in [0.2, 0.25) is 0 Å². The molecule has 3 aliphatic heterocycles. The summed E-state index contributed by atoms with van der Waals surface area (Å²) in [6, 6.07) is 53.6. The Kier molecular flexibility index (Phi) is 8.59. The van der Waals surface area contributed by atoms with Crippen molar-refractivity contribution in [2.75, 3.05) is 9.80 Å². The minimum atomic E-state index is -0.345. The van der Waals surface area contributed by atoms with E-state index in [1.165, 1.54) is 5.56 Å². The summed E-state index contributed by atoms with van der Waals surface area (Å²) >= 11 is 0. The second-order valence-corrected chi connectivity index (χ2v) is 15.9. The Balaban J connectivity index is 0.00000410. The third-order valence-corrected chi connectivity index (χ3v) is 11.0. The molecule has 11 rings (SSSR count). The molecule has 0 fully saturated rings. The molecule has 5 heterocycles. The normalized spacial score (nSPS) is 13.4. The smallest absolute Gasteiger partial charge is 0.149 e. The number of hydrogen-bond acceptors (Lipinski definition) is 5. The van der Waals surface area contributed by atoms with Crippen LogP contribution < -0.4 is 19.3 Å². The summed E-state index contributed by atoms with van der Waals surface area (Å²) < 4.78 is 15.9. The van der Waals surface area contributed by atoms with E-state index in [1.54, 1.807) is 0 Å². The number of pyridine rings is 1. The molecule has 2 aromatic heterocycles. The van der Waals surface area contributed by atoms with Crippen molar-refractivity contribution in [3.63, 3.8) is 0 Å². The van der Waals surface area contributed by atoms with Crippen LogP contribution >= 0.6 is 0 Å². The third kappa shape index (κ3) is 5.86. The average molecular weight is 911 g/mol. The number of aromatic nitrogens is 2. The van der Waals surface area contributed by atoms with Crippen LogP contribution in [0.3, 0.4) is 0 Å². The Morgan fingerprint density at radius 2 is 1.29 bits per heavy atom. The van der Waals surface area contributed by atoms with Crippen LogP contribution in [0.2, 0.25) is 0 Å². The van der Waals surface area contributed by atoms with E-state index in [9.17, 15) is 0 Å². The first kappa shape index (κ1) is 35.8. The molecule has 0 unspecified atom stereocenters. The van der Waals surface area contributed by atoms with Crippen molar-refractivity contribution in [3.05, 3.63) is 175 Å². The zero-order valence-corrected chi connectivity index (χ0v) is 34.1. The van der Waals surface area contributed by atoms with E-state index in [-0.39, 0.29) is 31.9 Å². The van der Waals surface area contributed by atoms with Crippen molar-refractivity contribution >= 4 is 44.6 Å². The third-order valence-electron chi connectivity index (χ3n) is 11.0. The van der Waals surface area contributed by atoms with E-state index >= 15 is 0 Å². The number of fused-ring (bicyclic) bond motifs is 5. The van der Waals surface area contributed by atoms with Crippen molar-refractivity contribution in [3.8, 4) is 28.8 Å². The SMILES string of the molecule is CC(C)(C)c1cc2ncc1Oc1ccccc1N1[CH-]N(c3[c-]c(cc(C(C)(C)c4ccccc4)c3)Oc3[c-]c4c(cc3)c3ccccc3n4-2)c2ccccc21.[Pt]. The van der Waals surface area contributed by atoms with Gasteiger partial charge in [-0.15, -0.1) is 53.6 Å². The maximum absolute atomic E-state index is 6.94. The molecule has 0 radical (unpaired) electrons. The predicted octanol–water partition coefficient (Wildman–Crippen LogP) is 12.7. The summed E-state index contributed by atoms with van der Waals surface area (Å²) in [5.41, 5.74) is 8.46. The van der Waals surface area contributed by atoms with E-state index in [2.05, 4.69) is 177 Å². The van der Waals surface area contributed by atoms with Gasteiger partial charge in [-0.1, -0.05) is 113 Å². The molecule has 280 valence electrons. The van der Waals surface area contributed by atoms with Crippen LogP contribution in [0.25, 0.3) is 27.6 Å². The van der Waals surface area contributed by atoms with Crippen LogP contribution in [0.4, 0.5) is 22.7 Å². The van der Waals surface area contributed by atoms with Gasteiger partial charge in [0.1, 0.15) is 17.3 Å². The summed E-state index contributed by atoms with van der Waals surface area (Å²) in [4.78, 5) is 9.46. The Labute approximate surface area is 342 Å². The monoisotopic (exact) mass is 910 g/mol. The Morgan fingerprint density at radius 1 is 0.589 bits per heavy atom. The summed E-state index contributed by atoms with van der Waals surface area (Å²) in [5, 5.41) is 2.19. The molecular formula is C49H39N4O2Pt-3. The predicted molar refractivity (Wildman–Crippen MR) is 222 cm³/mol. The van der Waals surface area contributed by atoms with Gasteiger partial charge in [-0.3, -0.25) is 0 Å². The zero-order chi connectivity index (χ0) is 37.5. The first-order valence-electron chi connectivity index (χ1n) is 18.7. The molecule has 0 spiro atoms. The van der Waals surface area contributed by atoms with Gasteiger partial charge in [-0.2, -0.15) is 6.07 Å². The topological polar surface area (TPSA) is 42.8 Å². The molecule has 3 aliphatic rings. The number of rotatable bonds is 2. The van der Waals surface area contributed by atoms with Gasteiger partial charge in [0, 0.05) is 55.0 Å². The summed E-state index contributed by atoms with van der Waals surface area (Å²) in [7, 11) is 0. The number of hydrogen-bond donors (Lipinski definition) is 0. The first-order valence-corrected chi connectivity index (χ1v) is 18.7. The standard InChI is InChI=1S/C49H39N4O2.Pt/c1-48(2,3)39-29-47-50-30-46(39)55-45-22-14-13-21-43(45)52-31-51(41-19-11-12-20-42(41)52)34-25-33(49(4,5)32-15-7-6-8-16-32)26-36(27-34)54-35-23-24-38-37-17-9-10-18-40(37)53(47)44(38)28-35;/h6-26,29-31H,1-5H3;/q-3;. The van der Waals surface area contributed by atoms with E-state index in [0.29, 0.717) is 17.2 Å². The molecule has 0 amide bonds. The fraction of sp³-hybridized carbons (Fsp3) is 0.143. The number of ether oxygens (including phenoxy) is 2. The summed E-state index contributed by atoms with van der Waals surface area (Å²) in [5.74, 6) is 3.40. The molecule has 0 aliphatic carbocycles. The van der Waals surface area contributed by atoms with Crippen molar-refractivity contribution in [1.29, 1.82) is 0 Å². The van der Waals surface area contributed by atoms with Crippen LogP contribution in [0.15, 0.2) is 140 Å². The Morgan fingerprint density at radius 3 is 2.07 bits per heavy atom. The number of anilines is 4. The van der Waals surface area contributed by atoms with E-state index in [1.807, 2.05) is 30.5 Å². The van der Waals surface area contributed by atoms with Gasteiger partial charge >= 0.3 is 0 Å². The number of benzene rings is 6. The van der Waals surface area contributed by atoms with Crippen LogP contribution in [0.1, 0.15) is 51.3 Å². The molecule has 8 bridgehead atoms. The average Bonchev–Trinajstić information content (AvgIpc) is 3.74. The second-order valence-electron chi connectivity index (χ2n) is 15.9. The molecule has 0 saturated carbocycles. The Hall–Kier alpha value is -5.84. The van der Waals surface area contributed by atoms with Crippen molar-refractivity contribution in [1.82, 2.24) is 9.55 Å². The van der Waals surface area contributed by atoms with Gasteiger partial charge < -0.3 is 23.8 Å². The first-order chi connectivity index (χ1) is 26.6. The van der Waals surface area contributed by atoms with Gasteiger partial charge in [-0.25, -0.2) is 4.98 Å². The maximum Gasteiger partial charge on any atom is 0.149 e. The molecule has 56 heavy (non-hydrogen) atoms. The van der Waals surface area contributed by atoms with Gasteiger partial charge in [0.05, 0.1) is 11.9 Å². The largest absolute Gasteiger partial charge is 0.509 e. The quantitative estimate of drug-likeness (QED) is 0.162. The van der Waals surface area contributed by atoms with E-state index in [0.717, 1.165) is 67.2 Å². The van der Waals surface area contributed by atoms with Crippen LogP contribution in [-0.2, 0) is 31.9 Å². The van der Waals surface area contributed by atoms with Gasteiger partial charge in [-0.05, 0) is 58.2 Å². The molecule has 6 nitrogen and oxygen atoms in total. The molecule has 7 heteroatoms. The van der Waals surface area contributed by atoms with Crippen molar-refractivity contribution < 1.29 is 30.5 Å². The fourth-order valence-corrected chi connectivity index (χ4v) is 7.96. The van der Waals surface area contributed by atoms with Crippen LogP contribution in [-0.4, -0.2) is 9.55 Å².